The van der Waals surface area contributed by atoms with Crippen molar-refractivity contribution in [3.8, 4) is 5.75 Å². The van der Waals surface area contributed by atoms with Gasteiger partial charge < -0.3 is 25.4 Å². The van der Waals surface area contributed by atoms with Crippen molar-refractivity contribution in [2.75, 3.05) is 39.2 Å². The molecule has 0 spiro atoms. The number of pyridine rings is 1. The van der Waals surface area contributed by atoms with E-state index in [1.54, 1.807) is 20.2 Å². The normalized spacial score (nSPS) is 10.8. The van der Waals surface area contributed by atoms with E-state index in [1.807, 2.05) is 44.2 Å². The van der Waals surface area contributed by atoms with Gasteiger partial charge in [0.05, 0.1) is 6.61 Å². The van der Waals surface area contributed by atoms with E-state index in [-0.39, 0.29) is 29.9 Å². The zero-order valence-electron chi connectivity index (χ0n) is 18.5. The summed E-state index contributed by atoms with van der Waals surface area (Å²) in [6, 6.07) is 11.6. The van der Waals surface area contributed by atoms with Gasteiger partial charge in [0.15, 0.2) is 5.96 Å². The standard InChI is InChI=1S/C22H31N5O3.HI/c1-16-8-9-18(19(14-16)30-13-12-29-4)15-25-22(23-3)24-11-10-21(28)27-20-7-5-6-17(2)26-20;/h5-9,14H,10-13,15H2,1-4H3,(H2,23,24,25)(H,26,27,28);1H. The van der Waals surface area contributed by atoms with Crippen LogP contribution in [-0.2, 0) is 16.1 Å². The van der Waals surface area contributed by atoms with Crippen molar-refractivity contribution in [3.05, 3.63) is 53.2 Å². The molecule has 1 heterocycles. The Morgan fingerprint density at radius 3 is 2.65 bits per heavy atom. The number of anilines is 1. The summed E-state index contributed by atoms with van der Waals surface area (Å²) < 4.78 is 10.9. The van der Waals surface area contributed by atoms with Gasteiger partial charge in [0, 0.05) is 44.9 Å². The van der Waals surface area contributed by atoms with Crippen molar-refractivity contribution in [1.82, 2.24) is 15.6 Å². The van der Waals surface area contributed by atoms with Gasteiger partial charge >= 0.3 is 0 Å². The second-order valence-corrected chi connectivity index (χ2v) is 6.77. The van der Waals surface area contributed by atoms with E-state index in [9.17, 15) is 4.79 Å². The summed E-state index contributed by atoms with van der Waals surface area (Å²) in [7, 11) is 3.34. The van der Waals surface area contributed by atoms with Crippen LogP contribution < -0.4 is 20.7 Å². The Morgan fingerprint density at radius 2 is 1.94 bits per heavy atom. The van der Waals surface area contributed by atoms with Gasteiger partial charge in [0.2, 0.25) is 5.91 Å². The van der Waals surface area contributed by atoms with Crippen LogP contribution in [0, 0.1) is 13.8 Å². The Bertz CT molecular complexity index is 861. The van der Waals surface area contributed by atoms with Gasteiger partial charge in [-0.1, -0.05) is 18.2 Å². The lowest BCUT2D eigenvalue weighted by Crippen LogP contribution is -2.38. The molecule has 0 aliphatic carbocycles. The third kappa shape index (κ3) is 9.97. The molecule has 2 rings (SSSR count). The number of carbonyl (C=O) groups excluding carboxylic acids is 1. The lowest BCUT2D eigenvalue weighted by molar-refractivity contribution is -0.116. The number of benzene rings is 1. The molecule has 0 bridgehead atoms. The summed E-state index contributed by atoms with van der Waals surface area (Å²) in [5.74, 6) is 1.88. The van der Waals surface area contributed by atoms with Crippen LogP contribution in [0.4, 0.5) is 5.82 Å². The summed E-state index contributed by atoms with van der Waals surface area (Å²) in [6.45, 7) is 5.92. The number of halogens is 1. The molecular weight excluding hydrogens is 509 g/mol. The molecule has 1 aromatic heterocycles. The molecule has 2 aromatic rings. The number of ether oxygens (including phenoxy) is 2. The molecule has 3 N–H and O–H groups in total. The van der Waals surface area contributed by atoms with Gasteiger partial charge in [-0.15, -0.1) is 24.0 Å². The van der Waals surface area contributed by atoms with Crippen LogP contribution in [-0.4, -0.2) is 50.8 Å². The number of amides is 1. The van der Waals surface area contributed by atoms with Crippen LogP contribution in [0.15, 0.2) is 41.4 Å². The highest BCUT2D eigenvalue weighted by Gasteiger charge is 2.07. The van der Waals surface area contributed by atoms with E-state index < -0.39 is 0 Å². The number of aromatic nitrogens is 1. The Hall–Kier alpha value is -2.40. The Kier molecular flexibility index (Phi) is 12.5. The van der Waals surface area contributed by atoms with E-state index in [0.29, 0.717) is 44.5 Å². The third-order valence-corrected chi connectivity index (χ3v) is 4.24. The van der Waals surface area contributed by atoms with Gasteiger partial charge in [-0.3, -0.25) is 9.79 Å². The molecule has 0 aliphatic heterocycles. The number of nitrogens with one attached hydrogen (secondary N) is 3. The van der Waals surface area contributed by atoms with Crippen LogP contribution >= 0.6 is 24.0 Å². The fourth-order valence-electron chi connectivity index (χ4n) is 2.69. The number of aryl methyl sites for hydroxylation is 2. The third-order valence-electron chi connectivity index (χ3n) is 4.24. The van der Waals surface area contributed by atoms with Crippen molar-refractivity contribution in [2.24, 2.45) is 4.99 Å². The first-order valence-electron chi connectivity index (χ1n) is 9.91. The summed E-state index contributed by atoms with van der Waals surface area (Å²) in [5.41, 5.74) is 3.00. The van der Waals surface area contributed by atoms with Crippen LogP contribution in [0.2, 0.25) is 0 Å². The summed E-state index contributed by atoms with van der Waals surface area (Å²) >= 11 is 0. The minimum absolute atomic E-state index is 0. The van der Waals surface area contributed by atoms with E-state index >= 15 is 0 Å². The lowest BCUT2D eigenvalue weighted by atomic mass is 10.1. The molecule has 31 heavy (non-hydrogen) atoms. The van der Waals surface area contributed by atoms with Crippen molar-refractivity contribution in [1.29, 1.82) is 0 Å². The molecule has 8 nitrogen and oxygen atoms in total. The first-order chi connectivity index (χ1) is 14.5. The highest BCUT2D eigenvalue weighted by molar-refractivity contribution is 14.0. The van der Waals surface area contributed by atoms with Crippen LogP contribution in [0.1, 0.15) is 23.2 Å². The molecule has 0 aliphatic rings. The summed E-state index contributed by atoms with van der Waals surface area (Å²) in [4.78, 5) is 20.6. The van der Waals surface area contributed by atoms with Crippen LogP contribution in [0.5, 0.6) is 5.75 Å². The van der Waals surface area contributed by atoms with Gasteiger partial charge in [0.1, 0.15) is 18.2 Å². The number of guanidine groups is 1. The van der Waals surface area contributed by atoms with E-state index in [2.05, 4.69) is 25.9 Å². The molecule has 0 atom stereocenters. The maximum atomic E-state index is 12.1. The van der Waals surface area contributed by atoms with E-state index in [4.69, 9.17) is 9.47 Å². The predicted molar refractivity (Wildman–Crippen MR) is 134 cm³/mol. The lowest BCUT2D eigenvalue weighted by Gasteiger charge is -2.15. The van der Waals surface area contributed by atoms with Crippen molar-refractivity contribution >= 4 is 41.7 Å². The highest BCUT2D eigenvalue weighted by atomic mass is 127. The number of carbonyl (C=O) groups is 1. The van der Waals surface area contributed by atoms with Crippen molar-refractivity contribution < 1.29 is 14.3 Å². The molecule has 0 unspecified atom stereocenters. The molecule has 1 amide bonds. The fourth-order valence-corrected chi connectivity index (χ4v) is 2.69. The molecule has 0 radical (unpaired) electrons. The quantitative estimate of drug-likeness (QED) is 0.185. The number of hydrogen-bond acceptors (Lipinski definition) is 5. The van der Waals surface area contributed by atoms with Crippen molar-refractivity contribution in [3.63, 3.8) is 0 Å². The van der Waals surface area contributed by atoms with E-state index in [0.717, 1.165) is 22.6 Å². The predicted octanol–water partition coefficient (Wildman–Crippen LogP) is 3.04. The van der Waals surface area contributed by atoms with Gasteiger partial charge in [-0.2, -0.15) is 0 Å². The zero-order valence-corrected chi connectivity index (χ0v) is 20.9. The Labute approximate surface area is 201 Å². The number of rotatable bonds is 10. The molecule has 170 valence electrons. The topological polar surface area (TPSA) is 96.9 Å². The second-order valence-electron chi connectivity index (χ2n) is 6.77. The first-order valence-corrected chi connectivity index (χ1v) is 9.91. The first kappa shape index (κ1) is 26.6. The molecule has 0 fully saturated rings. The summed E-state index contributed by atoms with van der Waals surface area (Å²) in [6.07, 6.45) is 0.298. The number of aliphatic imine (C=N–C) groups is 1. The molecule has 0 saturated carbocycles. The second kappa shape index (κ2) is 14.6. The van der Waals surface area contributed by atoms with Crippen LogP contribution in [0.25, 0.3) is 0 Å². The minimum atomic E-state index is -0.108. The average molecular weight is 541 g/mol. The van der Waals surface area contributed by atoms with Gasteiger partial charge in [-0.25, -0.2) is 4.98 Å². The zero-order chi connectivity index (χ0) is 21.8. The largest absolute Gasteiger partial charge is 0.491 e. The maximum absolute atomic E-state index is 12.1. The maximum Gasteiger partial charge on any atom is 0.227 e. The number of methoxy groups -OCH3 is 1. The number of nitrogens with zero attached hydrogens (tertiary/aromatic N) is 2. The van der Waals surface area contributed by atoms with Gasteiger partial charge in [-0.05, 0) is 37.6 Å². The SMILES string of the molecule is CN=C(NCCC(=O)Nc1cccc(C)n1)NCc1ccc(C)cc1OCCOC.I. The van der Waals surface area contributed by atoms with E-state index in [1.165, 1.54) is 0 Å². The van der Waals surface area contributed by atoms with Crippen molar-refractivity contribution in [2.45, 2.75) is 26.8 Å². The monoisotopic (exact) mass is 541 g/mol. The van der Waals surface area contributed by atoms with Gasteiger partial charge in [0.25, 0.3) is 0 Å². The fraction of sp³-hybridized carbons (Fsp3) is 0.409. The minimum Gasteiger partial charge on any atom is -0.491 e. The molecular formula is C22H32IN5O3. The Balaban J connectivity index is 0.00000480. The highest BCUT2D eigenvalue weighted by Crippen LogP contribution is 2.20. The molecule has 9 heteroatoms. The Morgan fingerprint density at radius 1 is 1.13 bits per heavy atom. The molecule has 0 saturated heterocycles. The van der Waals surface area contributed by atoms with Crippen LogP contribution in [0.3, 0.4) is 0 Å². The molecule has 1 aromatic carbocycles. The average Bonchev–Trinajstić information content (AvgIpc) is 2.72. The number of hydrogen-bond donors (Lipinski definition) is 3. The smallest absolute Gasteiger partial charge is 0.227 e. The summed E-state index contributed by atoms with van der Waals surface area (Å²) in [5, 5.41) is 9.19.